The van der Waals surface area contributed by atoms with E-state index in [9.17, 15) is 13.2 Å². The standard InChI is InChI=1S/C20H25ClN2O4S/c1-4-23(5-2)28(25,26)16-10-11-18(21)17(14-16)20(24)22-12-13-27-19-9-7-6-8-15(19)3/h6-11,14H,4-5,12-13H2,1-3H3,(H,22,24). The summed E-state index contributed by atoms with van der Waals surface area (Å²) in [6.07, 6.45) is 0. The van der Waals surface area contributed by atoms with Gasteiger partial charge < -0.3 is 10.1 Å². The second-order valence-electron chi connectivity index (χ2n) is 6.10. The van der Waals surface area contributed by atoms with E-state index in [0.29, 0.717) is 13.1 Å². The van der Waals surface area contributed by atoms with Crippen molar-refractivity contribution in [3.63, 3.8) is 0 Å². The Morgan fingerprint density at radius 1 is 1.14 bits per heavy atom. The van der Waals surface area contributed by atoms with Crippen molar-refractivity contribution in [3.8, 4) is 5.75 Å². The highest BCUT2D eigenvalue weighted by atomic mass is 35.5. The van der Waals surface area contributed by atoms with Crippen LogP contribution in [0.25, 0.3) is 0 Å². The molecule has 0 aliphatic heterocycles. The van der Waals surface area contributed by atoms with Gasteiger partial charge in [0, 0.05) is 13.1 Å². The Balaban J connectivity index is 2.06. The molecule has 0 aliphatic rings. The molecule has 1 amide bonds. The van der Waals surface area contributed by atoms with Gasteiger partial charge in [0.25, 0.3) is 5.91 Å². The lowest BCUT2D eigenvalue weighted by atomic mass is 10.2. The fourth-order valence-electron chi connectivity index (χ4n) is 2.69. The van der Waals surface area contributed by atoms with E-state index >= 15 is 0 Å². The van der Waals surface area contributed by atoms with Gasteiger partial charge in [-0.3, -0.25) is 4.79 Å². The fraction of sp³-hybridized carbons (Fsp3) is 0.350. The number of halogens is 1. The first-order valence-electron chi connectivity index (χ1n) is 9.07. The summed E-state index contributed by atoms with van der Waals surface area (Å²) in [6, 6.07) is 11.7. The van der Waals surface area contributed by atoms with Crippen LogP contribution >= 0.6 is 11.6 Å². The summed E-state index contributed by atoms with van der Waals surface area (Å²) >= 11 is 6.12. The molecule has 6 nitrogen and oxygen atoms in total. The average molecular weight is 425 g/mol. The molecule has 152 valence electrons. The van der Waals surface area contributed by atoms with E-state index in [4.69, 9.17) is 16.3 Å². The lowest BCUT2D eigenvalue weighted by Crippen LogP contribution is -2.31. The molecular formula is C20H25ClN2O4S. The lowest BCUT2D eigenvalue weighted by molar-refractivity contribution is 0.0947. The molecule has 0 aliphatic carbocycles. The normalized spacial score (nSPS) is 11.5. The van der Waals surface area contributed by atoms with E-state index in [1.165, 1.54) is 22.5 Å². The van der Waals surface area contributed by atoms with Crippen LogP contribution in [-0.4, -0.2) is 44.9 Å². The first-order valence-corrected chi connectivity index (χ1v) is 10.9. The molecule has 1 N–H and O–H groups in total. The Kier molecular flexibility index (Phi) is 7.86. The zero-order valence-corrected chi connectivity index (χ0v) is 17.8. The maximum Gasteiger partial charge on any atom is 0.252 e. The average Bonchev–Trinajstić information content (AvgIpc) is 2.67. The van der Waals surface area contributed by atoms with E-state index in [1.54, 1.807) is 13.8 Å². The third kappa shape index (κ3) is 5.25. The van der Waals surface area contributed by atoms with Gasteiger partial charge in [0.1, 0.15) is 12.4 Å². The minimum atomic E-state index is -3.67. The van der Waals surface area contributed by atoms with Crippen molar-refractivity contribution < 1.29 is 17.9 Å². The zero-order valence-electron chi connectivity index (χ0n) is 16.2. The summed E-state index contributed by atoms with van der Waals surface area (Å²) < 4.78 is 32.3. The molecule has 2 aromatic carbocycles. The van der Waals surface area contributed by atoms with Gasteiger partial charge in [-0.2, -0.15) is 4.31 Å². The molecule has 8 heteroatoms. The highest BCUT2D eigenvalue weighted by molar-refractivity contribution is 7.89. The summed E-state index contributed by atoms with van der Waals surface area (Å²) in [4.78, 5) is 12.5. The Hall–Kier alpha value is -2.09. The second-order valence-corrected chi connectivity index (χ2v) is 8.45. The smallest absolute Gasteiger partial charge is 0.252 e. The van der Waals surface area contributed by atoms with Crippen molar-refractivity contribution in [2.45, 2.75) is 25.7 Å². The van der Waals surface area contributed by atoms with E-state index in [0.717, 1.165) is 11.3 Å². The van der Waals surface area contributed by atoms with Crippen molar-refractivity contribution in [2.24, 2.45) is 0 Å². The highest BCUT2D eigenvalue weighted by Gasteiger charge is 2.23. The molecule has 0 spiro atoms. The Morgan fingerprint density at radius 3 is 2.46 bits per heavy atom. The number of aryl methyl sites for hydroxylation is 1. The van der Waals surface area contributed by atoms with Crippen molar-refractivity contribution in [1.29, 1.82) is 0 Å². The molecule has 0 radical (unpaired) electrons. The van der Waals surface area contributed by atoms with Crippen molar-refractivity contribution >= 4 is 27.5 Å². The molecule has 0 atom stereocenters. The number of amides is 1. The second kappa shape index (κ2) is 9.91. The van der Waals surface area contributed by atoms with Crippen LogP contribution in [0.3, 0.4) is 0 Å². The van der Waals surface area contributed by atoms with Crippen LogP contribution in [-0.2, 0) is 10.0 Å². The number of carbonyl (C=O) groups is 1. The van der Waals surface area contributed by atoms with E-state index < -0.39 is 15.9 Å². The zero-order chi connectivity index (χ0) is 20.7. The molecule has 2 rings (SSSR count). The topological polar surface area (TPSA) is 75.7 Å². The van der Waals surface area contributed by atoms with Gasteiger partial charge in [0.2, 0.25) is 10.0 Å². The highest BCUT2D eigenvalue weighted by Crippen LogP contribution is 2.23. The number of nitrogens with zero attached hydrogens (tertiary/aromatic N) is 1. The summed E-state index contributed by atoms with van der Waals surface area (Å²) in [5.74, 6) is 0.303. The Bertz CT molecular complexity index is 928. The third-order valence-corrected chi connectivity index (χ3v) is 6.64. The number of sulfonamides is 1. The van der Waals surface area contributed by atoms with Gasteiger partial charge in [-0.15, -0.1) is 0 Å². The molecule has 0 saturated heterocycles. The SMILES string of the molecule is CCN(CC)S(=O)(=O)c1ccc(Cl)c(C(=O)NCCOc2ccccc2C)c1. The van der Waals surface area contributed by atoms with Gasteiger partial charge in [-0.05, 0) is 36.8 Å². The maximum atomic E-state index is 12.7. The van der Waals surface area contributed by atoms with E-state index in [1.807, 2.05) is 31.2 Å². The predicted molar refractivity (Wildman–Crippen MR) is 111 cm³/mol. The Morgan fingerprint density at radius 2 is 1.82 bits per heavy atom. The molecule has 0 bridgehead atoms. The number of rotatable bonds is 9. The van der Waals surface area contributed by atoms with E-state index in [2.05, 4.69) is 5.32 Å². The van der Waals surface area contributed by atoms with Crippen molar-refractivity contribution in [1.82, 2.24) is 9.62 Å². The van der Waals surface area contributed by atoms with Crippen LogP contribution in [0.4, 0.5) is 0 Å². The molecule has 0 unspecified atom stereocenters. The van der Waals surface area contributed by atoms with Gasteiger partial charge in [-0.1, -0.05) is 43.6 Å². The van der Waals surface area contributed by atoms with Gasteiger partial charge >= 0.3 is 0 Å². The minimum Gasteiger partial charge on any atom is -0.491 e. The van der Waals surface area contributed by atoms with Crippen molar-refractivity contribution in [3.05, 3.63) is 58.6 Å². The van der Waals surface area contributed by atoms with Crippen LogP contribution < -0.4 is 10.1 Å². The van der Waals surface area contributed by atoms with Crippen molar-refractivity contribution in [2.75, 3.05) is 26.2 Å². The van der Waals surface area contributed by atoms with Crippen LogP contribution in [0.1, 0.15) is 29.8 Å². The molecule has 0 aromatic heterocycles. The Labute approximate surface area is 171 Å². The van der Waals surface area contributed by atoms with Gasteiger partial charge in [0.05, 0.1) is 22.0 Å². The molecular weight excluding hydrogens is 400 g/mol. The van der Waals surface area contributed by atoms with Crippen LogP contribution in [0.2, 0.25) is 5.02 Å². The van der Waals surface area contributed by atoms with E-state index in [-0.39, 0.29) is 28.6 Å². The molecule has 0 heterocycles. The number of benzene rings is 2. The number of hydrogen-bond donors (Lipinski definition) is 1. The van der Waals surface area contributed by atoms with Gasteiger partial charge in [-0.25, -0.2) is 8.42 Å². The lowest BCUT2D eigenvalue weighted by Gasteiger charge is -2.19. The molecule has 2 aromatic rings. The molecule has 28 heavy (non-hydrogen) atoms. The van der Waals surface area contributed by atoms with Crippen LogP contribution in [0, 0.1) is 6.92 Å². The summed E-state index contributed by atoms with van der Waals surface area (Å²) in [7, 11) is -3.67. The molecule has 0 fully saturated rings. The minimum absolute atomic E-state index is 0.0434. The summed E-state index contributed by atoms with van der Waals surface area (Å²) in [5, 5.41) is 2.90. The van der Waals surface area contributed by atoms with Crippen LogP contribution in [0.15, 0.2) is 47.4 Å². The summed E-state index contributed by atoms with van der Waals surface area (Å²) in [5.41, 5.74) is 1.12. The van der Waals surface area contributed by atoms with Crippen LogP contribution in [0.5, 0.6) is 5.75 Å². The third-order valence-electron chi connectivity index (χ3n) is 4.26. The predicted octanol–water partition coefficient (Wildman–Crippen LogP) is 3.49. The number of hydrogen-bond acceptors (Lipinski definition) is 4. The number of carbonyl (C=O) groups excluding carboxylic acids is 1. The largest absolute Gasteiger partial charge is 0.491 e. The summed E-state index contributed by atoms with van der Waals surface area (Å²) in [6.45, 7) is 6.70. The monoisotopic (exact) mass is 424 g/mol. The molecule has 0 saturated carbocycles. The first-order chi connectivity index (χ1) is 13.3. The maximum absolute atomic E-state index is 12.7. The first kappa shape index (κ1) is 22.2. The fourth-order valence-corrected chi connectivity index (χ4v) is 4.38. The number of nitrogens with one attached hydrogen (secondary N) is 1. The quantitative estimate of drug-likeness (QED) is 0.625. The number of ether oxygens (including phenoxy) is 1. The number of para-hydroxylation sites is 1. The van der Waals surface area contributed by atoms with Gasteiger partial charge in [0.15, 0.2) is 0 Å².